The van der Waals surface area contributed by atoms with E-state index in [0.717, 1.165) is 49.2 Å². The van der Waals surface area contributed by atoms with E-state index in [0.29, 0.717) is 12.0 Å². The summed E-state index contributed by atoms with van der Waals surface area (Å²) in [5.74, 6) is -0.630. The highest BCUT2D eigenvalue weighted by atomic mass is 19.2. The van der Waals surface area contributed by atoms with E-state index in [1.54, 1.807) is 0 Å². The summed E-state index contributed by atoms with van der Waals surface area (Å²) < 4.78 is 26.3. The Hall–Kier alpha value is -2.81. The number of hydrogen-bond acceptors (Lipinski definition) is 6. The third-order valence-electron chi connectivity index (χ3n) is 5.62. The molecule has 1 aromatic heterocycles. The third-order valence-corrected chi connectivity index (χ3v) is 5.62. The number of aryl methyl sites for hydroxylation is 1. The van der Waals surface area contributed by atoms with Crippen LogP contribution in [0, 0.1) is 18.6 Å². The van der Waals surface area contributed by atoms with Crippen molar-refractivity contribution in [3.63, 3.8) is 0 Å². The second-order valence-electron chi connectivity index (χ2n) is 8.34. The van der Waals surface area contributed by atoms with Crippen LogP contribution in [-0.2, 0) is 4.79 Å². The van der Waals surface area contributed by atoms with Gasteiger partial charge in [-0.05, 0) is 51.8 Å². The van der Waals surface area contributed by atoms with Gasteiger partial charge >= 0.3 is 0 Å². The Balaban J connectivity index is 1.47. The van der Waals surface area contributed by atoms with Crippen molar-refractivity contribution in [2.75, 3.05) is 43.2 Å². The summed E-state index contributed by atoms with van der Waals surface area (Å²) in [6.07, 6.45) is 5.62. The molecule has 0 spiro atoms. The molecule has 1 aliphatic carbocycles. The zero-order valence-corrected chi connectivity index (χ0v) is 18.5. The van der Waals surface area contributed by atoms with E-state index in [1.807, 2.05) is 44.1 Å². The van der Waals surface area contributed by atoms with Gasteiger partial charge in [0.1, 0.15) is 5.82 Å². The standard InChI is InChI=1S/C22H30F2N6O/c1-14-12-25-22(28-21(14)29(2)3)27-15-5-8-17(9-6-15)30(4)13-20(31)26-16-7-10-18(23)19(24)11-16/h7,10-12,15,17H,5-6,8-9,13H2,1-4H3,(H,26,31)(H,25,27,28)/t15-,17+. The van der Waals surface area contributed by atoms with Gasteiger partial charge in [-0.25, -0.2) is 13.8 Å². The molecule has 1 aromatic carbocycles. The molecule has 3 rings (SSSR count). The number of amides is 1. The van der Waals surface area contributed by atoms with Gasteiger partial charge in [0, 0.05) is 49.7 Å². The molecule has 0 unspecified atom stereocenters. The van der Waals surface area contributed by atoms with Crippen molar-refractivity contribution in [1.29, 1.82) is 0 Å². The first-order valence-electron chi connectivity index (χ1n) is 10.5. The molecule has 7 nitrogen and oxygen atoms in total. The molecule has 0 atom stereocenters. The summed E-state index contributed by atoms with van der Waals surface area (Å²) in [6.45, 7) is 2.18. The van der Waals surface area contributed by atoms with Gasteiger partial charge < -0.3 is 15.5 Å². The fourth-order valence-electron chi connectivity index (χ4n) is 3.93. The average molecular weight is 433 g/mol. The number of hydrogen-bond donors (Lipinski definition) is 2. The Morgan fingerprint density at radius 1 is 1.13 bits per heavy atom. The van der Waals surface area contributed by atoms with Crippen molar-refractivity contribution in [2.45, 2.75) is 44.7 Å². The summed E-state index contributed by atoms with van der Waals surface area (Å²) in [5, 5.41) is 6.05. The van der Waals surface area contributed by atoms with Crippen molar-refractivity contribution in [3.8, 4) is 0 Å². The molecule has 1 saturated carbocycles. The molecule has 1 heterocycles. The van der Waals surface area contributed by atoms with Crippen LogP contribution in [0.5, 0.6) is 0 Å². The van der Waals surface area contributed by atoms with Gasteiger partial charge in [-0.15, -0.1) is 0 Å². The molecule has 0 radical (unpaired) electrons. The monoisotopic (exact) mass is 432 g/mol. The van der Waals surface area contributed by atoms with Gasteiger partial charge in [0.25, 0.3) is 0 Å². The molecule has 31 heavy (non-hydrogen) atoms. The number of halogens is 2. The lowest BCUT2D eigenvalue weighted by Gasteiger charge is -2.34. The van der Waals surface area contributed by atoms with Crippen molar-refractivity contribution >= 4 is 23.4 Å². The first-order chi connectivity index (χ1) is 14.7. The minimum absolute atomic E-state index is 0.190. The average Bonchev–Trinajstić information content (AvgIpc) is 2.72. The highest BCUT2D eigenvalue weighted by molar-refractivity contribution is 5.92. The quantitative estimate of drug-likeness (QED) is 0.699. The van der Waals surface area contributed by atoms with E-state index in [4.69, 9.17) is 0 Å². The normalized spacial score (nSPS) is 18.7. The maximum absolute atomic E-state index is 13.3. The number of anilines is 3. The van der Waals surface area contributed by atoms with Crippen LogP contribution >= 0.6 is 0 Å². The van der Waals surface area contributed by atoms with Crippen LogP contribution in [0.25, 0.3) is 0 Å². The maximum atomic E-state index is 13.3. The lowest BCUT2D eigenvalue weighted by Crippen LogP contribution is -2.42. The predicted molar refractivity (Wildman–Crippen MR) is 118 cm³/mol. The van der Waals surface area contributed by atoms with Crippen molar-refractivity contribution in [1.82, 2.24) is 14.9 Å². The second-order valence-corrected chi connectivity index (χ2v) is 8.34. The number of carbonyl (C=O) groups is 1. The Labute approximate surface area is 181 Å². The van der Waals surface area contributed by atoms with E-state index < -0.39 is 11.6 Å². The zero-order chi connectivity index (χ0) is 22.5. The van der Waals surface area contributed by atoms with Crippen LogP contribution in [0.2, 0.25) is 0 Å². The highest BCUT2D eigenvalue weighted by Gasteiger charge is 2.25. The molecule has 2 aromatic rings. The van der Waals surface area contributed by atoms with Crippen molar-refractivity contribution in [2.24, 2.45) is 0 Å². The summed E-state index contributed by atoms with van der Waals surface area (Å²) in [7, 11) is 5.83. The SMILES string of the molecule is Cc1cnc(N[C@H]2CC[C@@H](N(C)CC(=O)Nc3ccc(F)c(F)c3)CC2)nc1N(C)C. The van der Waals surface area contributed by atoms with Crippen molar-refractivity contribution < 1.29 is 13.6 Å². The topological polar surface area (TPSA) is 73.4 Å². The van der Waals surface area contributed by atoms with Crippen LogP contribution < -0.4 is 15.5 Å². The molecule has 0 aliphatic heterocycles. The first kappa shape index (κ1) is 22.9. The number of nitrogens with zero attached hydrogens (tertiary/aromatic N) is 4. The van der Waals surface area contributed by atoms with Gasteiger partial charge in [-0.2, -0.15) is 4.98 Å². The van der Waals surface area contributed by atoms with E-state index in [9.17, 15) is 13.6 Å². The number of nitrogens with one attached hydrogen (secondary N) is 2. The fourth-order valence-corrected chi connectivity index (χ4v) is 3.93. The van der Waals surface area contributed by atoms with Gasteiger partial charge in [-0.1, -0.05) is 0 Å². The van der Waals surface area contributed by atoms with Gasteiger partial charge in [0.2, 0.25) is 11.9 Å². The second kappa shape index (κ2) is 10.00. The van der Waals surface area contributed by atoms with E-state index in [-0.39, 0.29) is 24.2 Å². The number of benzene rings is 1. The van der Waals surface area contributed by atoms with Crippen LogP contribution in [0.1, 0.15) is 31.2 Å². The third kappa shape index (κ3) is 6.10. The summed E-state index contributed by atoms with van der Waals surface area (Å²) in [4.78, 5) is 25.3. The molecule has 1 fully saturated rings. The molecular formula is C22H30F2N6O. The summed E-state index contributed by atoms with van der Waals surface area (Å²) >= 11 is 0. The molecule has 168 valence electrons. The van der Waals surface area contributed by atoms with E-state index in [2.05, 4.69) is 20.6 Å². The first-order valence-corrected chi connectivity index (χ1v) is 10.5. The zero-order valence-electron chi connectivity index (χ0n) is 18.5. The van der Waals surface area contributed by atoms with Crippen LogP contribution in [-0.4, -0.2) is 60.5 Å². The van der Waals surface area contributed by atoms with E-state index in [1.165, 1.54) is 6.07 Å². The Morgan fingerprint density at radius 2 is 1.84 bits per heavy atom. The van der Waals surface area contributed by atoms with Gasteiger partial charge in [0.05, 0.1) is 6.54 Å². The summed E-state index contributed by atoms with van der Waals surface area (Å²) in [6, 6.07) is 3.91. The molecule has 1 aliphatic rings. The Kier molecular flexibility index (Phi) is 7.37. The number of rotatable bonds is 7. The molecule has 0 bridgehead atoms. The van der Waals surface area contributed by atoms with Gasteiger partial charge in [-0.3, -0.25) is 9.69 Å². The lowest BCUT2D eigenvalue weighted by atomic mass is 9.90. The largest absolute Gasteiger partial charge is 0.362 e. The van der Waals surface area contributed by atoms with Gasteiger partial charge in [0.15, 0.2) is 11.6 Å². The summed E-state index contributed by atoms with van der Waals surface area (Å²) in [5.41, 5.74) is 1.28. The molecule has 2 N–H and O–H groups in total. The minimum atomic E-state index is -0.979. The number of carbonyl (C=O) groups excluding carboxylic acids is 1. The predicted octanol–water partition coefficient (Wildman–Crippen LogP) is 3.42. The van der Waals surface area contributed by atoms with Crippen LogP contribution in [0.4, 0.5) is 26.2 Å². The fraction of sp³-hybridized carbons (Fsp3) is 0.500. The number of likely N-dealkylation sites (N-methyl/N-ethyl adjacent to an activating group) is 1. The lowest BCUT2D eigenvalue weighted by molar-refractivity contribution is -0.117. The van der Waals surface area contributed by atoms with Crippen molar-refractivity contribution in [3.05, 3.63) is 41.6 Å². The Bertz CT molecular complexity index is 915. The minimum Gasteiger partial charge on any atom is -0.362 e. The van der Waals surface area contributed by atoms with Crippen LogP contribution in [0.15, 0.2) is 24.4 Å². The van der Waals surface area contributed by atoms with E-state index >= 15 is 0 Å². The Morgan fingerprint density at radius 3 is 2.48 bits per heavy atom. The molecular weight excluding hydrogens is 402 g/mol. The maximum Gasteiger partial charge on any atom is 0.238 e. The highest BCUT2D eigenvalue weighted by Crippen LogP contribution is 2.25. The molecule has 9 heteroatoms. The number of aromatic nitrogens is 2. The molecule has 0 saturated heterocycles. The molecule has 1 amide bonds. The van der Waals surface area contributed by atoms with Crippen LogP contribution in [0.3, 0.4) is 0 Å². The smallest absolute Gasteiger partial charge is 0.238 e.